The zero-order valence-corrected chi connectivity index (χ0v) is 14.2. The van der Waals surface area contributed by atoms with Gasteiger partial charge < -0.3 is 10.6 Å². The summed E-state index contributed by atoms with van der Waals surface area (Å²) in [5, 5.41) is 6.16. The number of amides is 1. The molecule has 0 spiro atoms. The van der Waals surface area contributed by atoms with Gasteiger partial charge in [0.15, 0.2) is 5.78 Å². The predicted molar refractivity (Wildman–Crippen MR) is 85.2 cm³/mol. The molecule has 23 heavy (non-hydrogen) atoms. The normalized spacial score (nSPS) is 10.9. The van der Waals surface area contributed by atoms with E-state index < -0.39 is 6.04 Å². The van der Waals surface area contributed by atoms with Crippen LogP contribution in [-0.4, -0.2) is 34.9 Å². The molecule has 0 saturated heterocycles. The number of nitrogens with zero attached hydrogens (tertiary/aromatic N) is 1. The molecule has 7 nitrogen and oxygen atoms in total. The van der Waals surface area contributed by atoms with E-state index in [0.29, 0.717) is 22.8 Å². The van der Waals surface area contributed by atoms with E-state index in [1.165, 1.54) is 13.1 Å². The molecule has 1 aromatic rings. The molecule has 1 unspecified atom stereocenters. The Bertz CT molecular complexity index is 584. The Morgan fingerprint density at radius 1 is 1.35 bits per heavy atom. The third-order valence-electron chi connectivity index (χ3n) is 2.76. The summed E-state index contributed by atoms with van der Waals surface area (Å²) in [6, 6.07) is 1.27. The number of Topliss-reactive ketones (excluding diaryl/α,β-unsaturated/α-hetero) is 1. The predicted octanol–water partition coefficient (Wildman–Crippen LogP) is 2.07. The molecular weight excluding hydrogens is 322 g/mol. The van der Waals surface area contributed by atoms with Crippen molar-refractivity contribution < 1.29 is 19.2 Å². The molecular formula is C15H20ClN3O4. The van der Waals surface area contributed by atoms with Crippen LogP contribution in [0, 0.1) is 0 Å². The fourth-order valence-electron chi connectivity index (χ4n) is 1.77. The summed E-state index contributed by atoms with van der Waals surface area (Å²) in [5.74, 6) is -0.402. The Morgan fingerprint density at radius 3 is 2.35 bits per heavy atom. The van der Waals surface area contributed by atoms with Gasteiger partial charge in [-0.15, -0.1) is 0 Å². The van der Waals surface area contributed by atoms with Gasteiger partial charge in [-0.05, 0) is 33.3 Å². The summed E-state index contributed by atoms with van der Waals surface area (Å²) in [4.78, 5) is 43.8. The van der Waals surface area contributed by atoms with Crippen molar-refractivity contribution in [1.82, 2.24) is 10.3 Å². The molecule has 1 aromatic heterocycles. The molecule has 0 radical (unpaired) electrons. The number of nitrogens with one attached hydrogen (secondary N) is 2. The maximum atomic E-state index is 12.2. The van der Waals surface area contributed by atoms with Crippen LogP contribution in [0.2, 0.25) is 5.15 Å². The minimum absolute atomic E-state index is 0.0684. The van der Waals surface area contributed by atoms with Crippen LogP contribution in [0.4, 0.5) is 5.69 Å². The Balaban J connectivity index is 0.00000149. The van der Waals surface area contributed by atoms with Gasteiger partial charge in [0, 0.05) is 12.2 Å². The lowest BCUT2D eigenvalue weighted by atomic mass is 10.1. The summed E-state index contributed by atoms with van der Waals surface area (Å²) in [7, 11) is 0. The SMILES string of the molecule is CCC(NC(=O)c1cnc(Cl)cc1NC(C)C)C(C)=O.O=C=O. The van der Waals surface area contributed by atoms with Crippen LogP contribution in [0.5, 0.6) is 0 Å². The molecule has 0 fully saturated rings. The van der Waals surface area contributed by atoms with Gasteiger partial charge in [-0.3, -0.25) is 9.59 Å². The molecule has 1 heterocycles. The van der Waals surface area contributed by atoms with Crippen LogP contribution in [0.15, 0.2) is 12.3 Å². The second-order valence-corrected chi connectivity index (χ2v) is 5.37. The fraction of sp³-hybridized carbons (Fsp3) is 0.467. The molecule has 2 N–H and O–H groups in total. The highest BCUT2D eigenvalue weighted by Gasteiger charge is 2.19. The quantitative estimate of drug-likeness (QED) is 0.767. The Labute approximate surface area is 139 Å². The maximum Gasteiger partial charge on any atom is 0.373 e. The van der Waals surface area contributed by atoms with Gasteiger partial charge >= 0.3 is 6.15 Å². The van der Waals surface area contributed by atoms with E-state index >= 15 is 0 Å². The van der Waals surface area contributed by atoms with E-state index in [2.05, 4.69) is 15.6 Å². The summed E-state index contributed by atoms with van der Waals surface area (Å²) in [6.45, 7) is 7.22. The first-order valence-electron chi connectivity index (χ1n) is 6.99. The molecule has 1 atom stereocenters. The van der Waals surface area contributed by atoms with Crippen LogP contribution >= 0.6 is 11.6 Å². The van der Waals surface area contributed by atoms with E-state index in [-0.39, 0.29) is 23.9 Å². The zero-order chi connectivity index (χ0) is 18.0. The number of rotatable bonds is 6. The van der Waals surface area contributed by atoms with Crippen molar-refractivity contribution in [2.24, 2.45) is 0 Å². The van der Waals surface area contributed by atoms with Crippen LogP contribution in [0.1, 0.15) is 44.5 Å². The number of anilines is 1. The van der Waals surface area contributed by atoms with Gasteiger partial charge in [-0.1, -0.05) is 18.5 Å². The zero-order valence-electron chi connectivity index (χ0n) is 13.5. The van der Waals surface area contributed by atoms with Crippen LogP contribution in [0.25, 0.3) is 0 Å². The maximum absolute atomic E-state index is 12.2. The summed E-state index contributed by atoms with van der Waals surface area (Å²) >= 11 is 5.85. The molecule has 0 aliphatic rings. The Hall–Kier alpha value is -2.24. The van der Waals surface area contributed by atoms with Crippen molar-refractivity contribution in [3.05, 3.63) is 23.0 Å². The van der Waals surface area contributed by atoms with Gasteiger partial charge in [-0.2, -0.15) is 9.59 Å². The smallest absolute Gasteiger partial charge is 0.373 e. The van der Waals surface area contributed by atoms with E-state index in [9.17, 15) is 9.59 Å². The molecule has 8 heteroatoms. The minimum Gasteiger partial charge on any atom is -0.382 e. The molecule has 1 amide bonds. The standard InChI is InChI=1S/C14H20ClN3O2.CO2/c1-5-11(9(4)19)18-14(20)10-7-16-13(15)6-12(10)17-8(2)3;2-1-3/h6-8,11H,5H2,1-4H3,(H,16,17)(H,18,20);. The fourth-order valence-corrected chi connectivity index (χ4v) is 1.93. The van der Waals surface area contributed by atoms with Gasteiger partial charge in [0.1, 0.15) is 5.15 Å². The number of hydrogen-bond acceptors (Lipinski definition) is 6. The molecule has 0 aromatic carbocycles. The average molecular weight is 342 g/mol. The third kappa shape index (κ3) is 7.54. The lowest BCUT2D eigenvalue weighted by Gasteiger charge is -2.17. The Morgan fingerprint density at radius 2 is 1.91 bits per heavy atom. The van der Waals surface area contributed by atoms with Crippen molar-refractivity contribution in [2.45, 2.75) is 46.2 Å². The highest BCUT2D eigenvalue weighted by Crippen LogP contribution is 2.20. The van der Waals surface area contributed by atoms with E-state index in [0.717, 1.165) is 0 Å². The number of aromatic nitrogens is 1. The largest absolute Gasteiger partial charge is 0.382 e. The van der Waals surface area contributed by atoms with Gasteiger partial charge in [0.2, 0.25) is 0 Å². The number of carbonyl (C=O) groups is 2. The van der Waals surface area contributed by atoms with E-state index in [1.807, 2.05) is 20.8 Å². The van der Waals surface area contributed by atoms with Gasteiger partial charge in [0.05, 0.1) is 17.3 Å². The van der Waals surface area contributed by atoms with Crippen molar-refractivity contribution in [3.63, 3.8) is 0 Å². The number of halogens is 1. The number of ketones is 1. The highest BCUT2D eigenvalue weighted by atomic mass is 35.5. The second kappa shape index (κ2) is 10.5. The van der Waals surface area contributed by atoms with Crippen molar-refractivity contribution in [2.75, 3.05) is 5.32 Å². The van der Waals surface area contributed by atoms with Crippen molar-refractivity contribution in [3.8, 4) is 0 Å². The van der Waals surface area contributed by atoms with Crippen LogP contribution in [-0.2, 0) is 14.4 Å². The summed E-state index contributed by atoms with van der Waals surface area (Å²) in [6.07, 6.45) is 2.21. The first-order valence-corrected chi connectivity index (χ1v) is 7.37. The van der Waals surface area contributed by atoms with Crippen LogP contribution in [0.3, 0.4) is 0 Å². The second-order valence-electron chi connectivity index (χ2n) is 4.98. The van der Waals surface area contributed by atoms with Gasteiger partial charge in [-0.25, -0.2) is 4.98 Å². The Kier molecular flexibility index (Phi) is 9.46. The average Bonchev–Trinajstić information content (AvgIpc) is 2.44. The first kappa shape index (κ1) is 20.8. The van der Waals surface area contributed by atoms with Gasteiger partial charge in [0.25, 0.3) is 5.91 Å². The molecule has 0 aliphatic heterocycles. The lowest BCUT2D eigenvalue weighted by molar-refractivity contribution is -0.191. The van der Waals surface area contributed by atoms with E-state index in [1.54, 1.807) is 6.07 Å². The monoisotopic (exact) mass is 341 g/mol. The molecule has 126 valence electrons. The van der Waals surface area contributed by atoms with Crippen molar-refractivity contribution >= 4 is 35.1 Å². The lowest BCUT2D eigenvalue weighted by Crippen LogP contribution is -2.39. The number of carbonyl (C=O) groups excluding carboxylic acids is 4. The topological polar surface area (TPSA) is 105 Å². The summed E-state index contributed by atoms with van der Waals surface area (Å²) in [5.41, 5.74) is 0.985. The third-order valence-corrected chi connectivity index (χ3v) is 2.97. The van der Waals surface area contributed by atoms with Crippen LogP contribution < -0.4 is 10.6 Å². The molecule has 1 rings (SSSR count). The first-order chi connectivity index (χ1) is 10.8. The number of hydrogen-bond donors (Lipinski definition) is 2. The summed E-state index contributed by atoms with van der Waals surface area (Å²) < 4.78 is 0. The molecule has 0 bridgehead atoms. The number of pyridine rings is 1. The van der Waals surface area contributed by atoms with Crippen molar-refractivity contribution in [1.29, 1.82) is 0 Å². The molecule has 0 saturated carbocycles. The highest BCUT2D eigenvalue weighted by molar-refractivity contribution is 6.29. The minimum atomic E-state index is -0.481. The molecule has 0 aliphatic carbocycles. The van der Waals surface area contributed by atoms with E-state index in [4.69, 9.17) is 21.2 Å².